The number of rotatable bonds is 6. The van der Waals surface area contributed by atoms with Gasteiger partial charge in [-0.05, 0) is 20.4 Å². The second-order valence-electron chi connectivity index (χ2n) is 4.16. The zero-order chi connectivity index (χ0) is 12.1. The van der Waals surface area contributed by atoms with Crippen molar-refractivity contribution in [2.24, 2.45) is 5.92 Å². The summed E-state index contributed by atoms with van der Waals surface area (Å²) >= 11 is 1.79. The lowest BCUT2D eigenvalue weighted by Gasteiger charge is -2.22. The van der Waals surface area contributed by atoms with Gasteiger partial charge in [0.15, 0.2) is 0 Å². The molecule has 92 valence electrons. The Morgan fingerprint density at radius 3 is 2.56 bits per heavy atom. The first-order valence-electron chi connectivity index (χ1n) is 5.76. The van der Waals surface area contributed by atoms with Gasteiger partial charge in [-0.2, -0.15) is 0 Å². The smallest absolute Gasteiger partial charge is 0.110 e. The van der Waals surface area contributed by atoms with Crippen molar-refractivity contribution in [2.75, 3.05) is 20.3 Å². The standard InChI is InChI=1S/C12H22N2OS/c1-6-13-11(8(2)7-15-5)12-14-9(3)10(4)16-12/h8,11,13H,6-7H2,1-5H3. The number of aromatic nitrogens is 1. The molecule has 0 amide bonds. The van der Waals surface area contributed by atoms with Crippen LogP contribution in [0.4, 0.5) is 0 Å². The molecule has 2 unspecified atom stereocenters. The van der Waals surface area contributed by atoms with E-state index in [1.165, 1.54) is 9.88 Å². The molecule has 0 bridgehead atoms. The highest BCUT2D eigenvalue weighted by atomic mass is 32.1. The van der Waals surface area contributed by atoms with Crippen molar-refractivity contribution in [1.82, 2.24) is 10.3 Å². The van der Waals surface area contributed by atoms with E-state index < -0.39 is 0 Å². The van der Waals surface area contributed by atoms with Gasteiger partial charge in [0, 0.05) is 17.9 Å². The number of hydrogen-bond donors (Lipinski definition) is 1. The molecule has 1 rings (SSSR count). The van der Waals surface area contributed by atoms with Crippen molar-refractivity contribution >= 4 is 11.3 Å². The fourth-order valence-electron chi connectivity index (χ4n) is 1.74. The summed E-state index contributed by atoms with van der Waals surface area (Å²) in [5, 5.41) is 4.67. The minimum absolute atomic E-state index is 0.308. The van der Waals surface area contributed by atoms with Gasteiger partial charge in [-0.3, -0.25) is 0 Å². The van der Waals surface area contributed by atoms with Crippen LogP contribution < -0.4 is 5.32 Å². The summed E-state index contributed by atoms with van der Waals surface area (Å²) in [7, 11) is 1.75. The number of aryl methyl sites for hydroxylation is 2. The Kier molecular flexibility index (Phi) is 5.38. The summed E-state index contributed by atoms with van der Waals surface area (Å²) < 4.78 is 5.23. The minimum Gasteiger partial charge on any atom is -0.384 e. The van der Waals surface area contributed by atoms with Gasteiger partial charge in [0.1, 0.15) is 5.01 Å². The Bertz CT molecular complexity index is 305. The number of thiazole rings is 1. The molecule has 0 aromatic carbocycles. The van der Waals surface area contributed by atoms with E-state index in [2.05, 4.69) is 38.0 Å². The monoisotopic (exact) mass is 242 g/mol. The summed E-state index contributed by atoms with van der Waals surface area (Å²) in [6.07, 6.45) is 0. The van der Waals surface area contributed by atoms with Gasteiger partial charge in [-0.1, -0.05) is 13.8 Å². The Balaban J connectivity index is 2.83. The Morgan fingerprint density at radius 2 is 2.12 bits per heavy atom. The van der Waals surface area contributed by atoms with E-state index >= 15 is 0 Å². The van der Waals surface area contributed by atoms with Crippen LogP contribution in [0.15, 0.2) is 0 Å². The number of nitrogens with zero attached hydrogens (tertiary/aromatic N) is 1. The maximum absolute atomic E-state index is 5.23. The van der Waals surface area contributed by atoms with Gasteiger partial charge in [-0.25, -0.2) is 4.98 Å². The highest BCUT2D eigenvalue weighted by Gasteiger charge is 2.21. The predicted molar refractivity (Wildman–Crippen MR) is 69.0 cm³/mol. The van der Waals surface area contributed by atoms with Crippen molar-refractivity contribution in [1.29, 1.82) is 0 Å². The normalized spacial score (nSPS) is 15.1. The second kappa shape index (κ2) is 6.33. The summed E-state index contributed by atoms with van der Waals surface area (Å²) in [6, 6.07) is 0.308. The van der Waals surface area contributed by atoms with Gasteiger partial charge >= 0.3 is 0 Å². The number of ether oxygens (including phenoxy) is 1. The summed E-state index contributed by atoms with van der Waals surface area (Å²) in [4.78, 5) is 5.94. The molecule has 0 fully saturated rings. The largest absolute Gasteiger partial charge is 0.384 e. The molecule has 1 aromatic heterocycles. The van der Waals surface area contributed by atoms with Crippen LogP contribution >= 0.6 is 11.3 Å². The number of methoxy groups -OCH3 is 1. The number of hydrogen-bond acceptors (Lipinski definition) is 4. The maximum atomic E-state index is 5.23. The minimum atomic E-state index is 0.308. The topological polar surface area (TPSA) is 34.2 Å². The van der Waals surface area contributed by atoms with Gasteiger partial charge in [0.05, 0.1) is 18.3 Å². The van der Waals surface area contributed by atoms with Crippen molar-refractivity contribution in [2.45, 2.75) is 33.7 Å². The summed E-state index contributed by atoms with van der Waals surface area (Å²) in [5.74, 6) is 0.440. The Labute approximate surface area is 102 Å². The lowest BCUT2D eigenvalue weighted by Crippen LogP contribution is -2.29. The molecule has 1 aromatic rings. The molecule has 0 aliphatic carbocycles. The van der Waals surface area contributed by atoms with E-state index in [1.54, 1.807) is 18.4 Å². The Morgan fingerprint density at radius 1 is 1.44 bits per heavy atom. The molecular formula is C12H22N2OS. The molecule has 16 heavy (non-hydrogen) atoms. The second-order valence-corrected chi connectivity index (χ2v) is 5.40. The zero-order valence-electron chi connectivity index (χ0n) is 10.8. The van der Waals surface area contributed by atoms with Crippen LogP contribution in [0.5, 0.6) is 0 Å². The van der Waals surface area contributed by atoms with Crippen molar-refractivity contribution in [3.63, 3.8) is 0 Å². The molecule has 0 aliphatic heterocycles. The van der Waals surface area contributed by atoms with E-state index in [9.17, 15) is 0 Å². The van der Waals surface area contributed by atoms with Crippen molar-refractivity contribution in [3.05, 3.63) is 15.6 Å². The average Bonchev–Trinajstić information content (AvgIpc) is 2.55. The van der Waals surface area contributed by atoms with Crippen LogP contribution in [0.2, 0.25) is 0 Å². The molecule has 4 heteroatoms. The summed E-state index contributed by atoms with van der Waals surface area (Å²) in [5.41, 5.74) is 1.15. The predicted octanol–water partition coefficient (Wildman–Crippen LogP) is 2.69. The highest BCUT2D eigenvalue weighted by Crippen LogP contribution is 2.28. The van der Waals surface area contributed by atoms with Crippen LogP contribution in [0.3, 0.4) is 0 Å². The molecule has 1 heterocycles. The van der Waals surface area contributed by atoms with Crippen LogP contribution in [-0.2, 0) is 4.74 Å². The first-order chi connectivity index (χ1) is 7.60. The quantitative estimate of drug-likeness (QED) is 0.833. The van der Waals surface area contributed by atoms with Crippen LogP contribution in [0.1, 0.15) is 35.5 Å². The molecule has 0 spiro atoms. The van der Waals surface area contributed by atoms with E-state index in [0.29, 0.717) is 12.0 Å². The third-order valence-electron chi connectivity index (χ3n) is 2.73. The first-order valence-corrected chi connectivity index (χ1v) is 6.58. The lowest BCUT2D eigenvalue weighted by atomic mass is 10.0. The van der Waals surface area contributed by atoms with Crippen LogP contribution in [0.25, 0.3) is 0 Å². The molecule has 3 nitrogen and oxygen atoms in total. The Hall–Kier alpha value is -0.450. The van der Waals surface area contributed by atoms with Gasteiger partial charge in [-0.15, -0.1) is 11.3 Å². The first kappa shape index (κ1) is 13.6. The van der Waals surface area contributed by atoms with Gasteiger partial charge in [0.2, 0.25) is 0 Å². The maximum Gasteiger partial charge on any atom is 0.110 e. The zero-order valence-corrected chi connectivity index (χ0v) is 11.6. The molecule has 0 aliphatic rings. The van der Waals surface area contributed by atoms with Gasteiger partial charge in [0.25, 0.3) is 0 Å². The highest BCUT2D eigenvalue weighted by molar-refractivity contribution is 7.11. The van der Waals surface area contributed by atoms with Crippen molar-refractivity contribution < 1.29 is 4.74 Å². The average molecular weight is 242 g/mol. The fraction of sp³-hybridized carbons (Fsp3) is 0.750. The lowest BCUT2D eigenvalue weighted by molar-refractivity contribution is 0.139. The molecule has 1 N–H and O–H groups in total. The number of nitrogens with one attached hydrogen (secondary N) is 1. The third-order valence-corrected chi connectivity index (χ3v) is 3.89. The SMILES string of the molecule is CCNC(c1nc(C)c(C)s1)C(C)COC. The van der Waals surface area contributed by atoms with Crippen molar-refractivity contribution in [3.8, 4) is 0 Å². The molecule has 0 radical (unpaired) electrons. The van der Waals surface area contributed by atoms with E-state index in [0.717, 1.165) is 18.8 Å². The molecular weight excluding hydrogens is 220 g/mol. The molecule has 0 saturated carbocycles. The summed E-state index contributed by atoms with van der Waals surface area (Å²) in [6.45, 7) is 10.2. The van der Waals surface area contributed by atoms with Crippen LogP contribution in [0, 0.1) is 19.8 Å². The molecule has 0 saturated heterocycles. The van der Waals surface area contributed by atoms with Crippen LogP contribution in [-0.4, -0.2) is 25.2 Å². The fourth-order valence-corrected chi connectivity index (χ4v) is 2.87. The van der Waals surface area contributed by atoms with E-state index in [-0.39, 0.29) is 0 Å². The van der Waals surface area contributed by atoms with E-state index in [4.69, 9.17) is 4.74 Å². The molecule has 2 atom stereocenters. The van der Waals surface area contributed by atoms with Gasteiger partial charge < -0.3 is 10.1 Å². The van der Waals surface area contributed by atoms with E-state index in [1.807, 2.05) is 0 Å². The third kappa shape index (κ3) is 3.27.